The van der Waals surface area contributed by atoms with Crippen molar-refractivity contribution in [3.05, 3.63) is 71.4 Å². The van der Waals surface area contributed by atoms with Gasteiger partial charge in [0.1, 0.15) is 0 Å². The third kappa shape index (κ3) is 2.48. The number of hydrogen-bond donors (Lipinski definition) is 0. The quantitative estimate of drug-likeness (QED) is 0.616. The van der Waals surface area contributed by atoms with Gasteiger partial charge in [0, 0.05) is 34.4 Å². The highest BCUT2D eigenvalue weighted by atomic mass is 15.0. The second-order valence-corrected chi connectivity index (χ2v) is 6.65. The van der Waals surface area contributed by atoms with Crippen molar-refractivity contribution in [2.24, 2.45) is 10.9 Å². The summed E-state index contributed by atoms with van der Waals surface area (Å²) in [7, 11) is 0. The molecule has 0 saturated carbocycles. The fraction of sp³-hybridized carbons (Fsp3) is 0.286. The molecule has 0 spiro atoms. The number of rotatable bonds is 3. The zero-order valence-corrected chi connectivity index (χ0v) is 13.8. The van der Waals surface area contributed by atoms with Gasteiger partial charge in [0.05, 0.1) is 6.54 Å². The van der Waals surface area contributed by atoms with Crippen LogP contribution in [0.3, 0.4) is 0 Å². The van der Waals surface area contributed by atoms with E-state index in [2.05, 4.69) is 73.0 Å². The second-order valence-electron chi connectivity index (χ2n) is 6.65. The summed E-state index contributed by atoms with van der Waals surface area (Å²) in [6.45, 7) is 6.37. The van der Waals surface area contributed by atoms with Crippen LogP contribution in [0.15, 0.2) is 59.6 Å². The van der Waals surface area contributed by atoms with Crippen molar-refractivity contribution in [3.63, 3.8) is 0 Å². The SMILES string of the molecule is CC(=NCc1ccccc1)c1c2n(c3ccccc13)C[C@H](C)C2. The Bertz CT molecular complexity index is 871. The van der Waals surface area contributed by atoms with Gasteiger partial charge in [0.2, 0.25) is 0 Å². The van der Waals surface area contributed by atoms with Crippen LogP contribution < -0.4 is 0 Å². The molecule has 2 heterocycles. The van der Waals surface area contributed by atoms with E-state index in [4.69, 9.17) is 4.99 Å². The topological polar surface area (TPSA) is 17.3 Å². The fourth-order valence-corrected chi connectivity index (χ4v) is 3.76. The Morgan fingerprint density at radius 2 is 1.83 bits per heavy atom. The van der Waals surface area contributed by atoms with Gasteiger partial charge in [0.25, 0.3) is 0 Å². The van der Waals surface area contributed by atoms with Crippen LogP contribution in [-0.2, 0) is 19.5 Å². The van der Waals surface area contributed by atoms with Gasteiger partial charge in [-0.15, -0.1) is 0 Å². The monoisotopic (exact) mass is 302 g/mol. The summed E-state index contributed by atoms with van der Waals surface area (Å²) in [6, 6.07) is 19.2. The molecule has 23 heavy (non-hydrogen) atoms. The van der Waals surface area contributed by atoms with Gasteiger partial charge >= 0.3 is 0 Å². The van der Waals surface area contributed by atoms with E-state index in [9.17, 15) is 0 Å². The normalized spacial score (nSPS) is 17.7. The molecular weight excluding hydrogens is 280 g/mol. The molecule has 0 bridgehead atoms. The highest BCUT2D eigenvalue weighted by Gasteiger charge is 2.25. The summed E-state index contributed by atoms with van der Waals surface area (Å²) in [4.78, 5) is 4.89. The van der Waals surface area contributed by atoms with E-state index < -0.39 is 0 Å². The number of nitrogens with zero attached hydrogens (tertiary/aromatic N) is 2. The smallest absolute Gasteiger partial charge is 0.0643 e. The Hall–Kier alpha value is -2.35. The summed E-state index contributed by atoms with van der Waals surface area (Å²) in [5, 5.41) is 1.35. The molecular formula is C21H22N2. The first-order chi connectivity index (χ1) is 11.2. The Labute approximate surface area is 137 Å². The van der Waals surface area contributed by atoms with Crippen molar-refractivity contribution in [1.82, 2.24) is 4.57 Å². The lowest BCUT2D eigenvalue weighted by Crippen LogP contribution is -2.00. The molecule has 3 aromatic rings. The van der Waals surface area contributed by atoms with Crippen molar-refractivity contribution < 1.29 is 0 Å². The summed E-state index contributed by atoms with van der Waals surface area (Å²) in [5.74, 6) is 0.718. The number of hydrogen-bond acceptors (Lipinski definition) is 1. The molecule has 0 aliphatic carbocycles. The molecule has 1 aliphatic heterocycles. The Balaban J connectivity index is 1.78. The lowest BCUT2D eigenvalue weighted by molar-refractivity contribution is 0.571. The maximum Gasteiger partial charge on any atom is 0.0643 e. The van der Waals surface area contributed by atoms with Crippen molar-refractivity contribution in [3.8, 4) is 0 Å². The van der Waals surface area contributed by atoms with E-state index >= 15 is 0 Å². The number of fused-ring (bicyclic) bond motifs is 3. The fourth-order valence-electron chi connectivity index (χ4n) is 3.76. The van der Waals surface area contributed by atoms with Gasteiger partial charge in [0.15, 0.2) is 0 Å². The molecule has 0 N–H and O–H groups in total. The standard InChI is InChI=1S/C21H22N2/c1-15-12-20-21(16(2)22-13-17-8-4-3-5-9-17)18-10-6-7-11-19(18)23(20)14-15/h3-11,15H,12-14H2,1-2H3/t15-/m1/s1. The summed E-state index contributed by atoms with van der Waals surface area (Å²) < 4.78 is 2.50. The summed E-state index contributed by atoms with van der Waals surface area (Å²) >= 11 is 0. The molecule has 2 aromatic carbocycles. The maximum atomic E-state index is 4.89. The van der Waals surface area contributed by atoms with Crippen molar-refractivity contribution in [2.75, 3.05) is 0 Å². The lowest BCUT2D eigenvalue weighted by Gasteiger charge is -2.05. The first kappa shape index (κ1) is 14.3. The minimum absolute atomic E-state index is 0.718. The Morgan fingerprint density at radius 3 is 2.65 bits per heavy atom. The molecule has 0 fully saturated rings. The van der Waals surface area contributed by atoms with Gasteiger partial charge in [-0.3, -0.25) is 4.99 Å². The largest absolute Gasteiger partial charge is 0.344 e. The zero-order valence-electron chi connectivity index (χ0n) is 13.8. The van der Waals surface area contributed by atoms with Gasteiger partial charge in [-0.25, -0.2) is 0 Å². The predicted molar refractivity (Wildman–Crippen MR) is 97.2 cm³/mol. The molecule has 4 rings (SSSR count). The van der Waals surface area contributed by atoms with Crippen LogP contribution in [0.2, 0.25) is 0 Å². The van der Waals surface area contributed by atoms with Crippen LogP contribution in [0.25, 0.3) is 10.9 Å². The molecule has 0 radical (unpaired) electrons. The van der Waals surface area contributed by atoms with Crippen molar-refractivity contribution in [2.45, 2.75) is 33.4 Å². The van der Waals surface area contributed by atoms with Crippen LogP contribution in [0.4, 0.5) is 0 Å². The second kappa shape index (κ2) is 5.69. The van der Waals surface area contributed by atoms with Crippen LogP contribution in [0.5, 0.6) is 0 Å². The molecule has 1 aliphatic rings. The van der Waals surface area contributed by atoms with E-state index in [0.29, 0.717) is 0 Å². The Morgan fingerprint density at radius 1 is 1.09 bits per heavy atom. The highest BCUT2D eigenvalue weighted by molar-refractivity contribution is 6.11. The minimum atomic E-state index is 0.718. The van der Waals surface area contributed by atoms with Crippen molar-refractivity contribution >= 4 is 16.6 Å². The number of benzene rings is 2. The average Bonchev–Trinajstić information content (AvgIpc) is 3.08. The van der Waals surface area contributed by atoms with E-state index in [1.165, 1.54) is 27.7 Å². The molecule has 0 unspecified atom stereocenters. The van der Waals surface area contributed by atoms with Gasteiger partial charge in [-0.1, -0.05) is 55.5 Å². The van der Waals surface area contributed by atoms with E-state index in [1.807, 2.05) is 0 Å². The van der Waals surface area contributed by atoms with E-state index in [-0.39, 0.29) is 0 Å². The number of aromatic nitrogens is 1. The molecule has 0 saturated heterocycles. The molecule has 116 valence electrons. The molecule has 1 aromatic heterocycles. The minimum Gasteiger partial charge on any atom is -0.344 e. The van der Waals surface area contributed by atoms with E-state index in [1.54, 1.807) is 0 Å². The lowest BCUT2D eigenvalue weighted by atomic mass is 10.0. The Kier molecular flexibility index (Phi) is 3.53. The number of para-hydroxylation sites is 1. The van der Waals surface area contributed by atoms with Crippen LogP contribution >= 0.6 is 0 Å². The predicted octanol–water partition coefficient (Wildman–Crippen LogP) is 4.84. The zero-order chi connectivity index (χ0) is 15.8. The molecule has 2 nitrogen and oxygen atoms in total. The third-order valence-electron chi connectivity index (χ3n) is 4.82. The molecule has 0 amide bonds. The van der Waals surface area contributed by atoms with Crippen molar-refractivity contribution in [1.29, 1.82) is 0 Å². The summed E-state index contributed by atoms with van der Waals surface area (Å²) in [5.41, 5.74) is 6.61. The van der Waals surface area contributed by atoms with Crippen LogP contribution in [0.1, 0.15) is 30.7 Å². The third-order valence-corrected chi connectivity index (χ3v) is 4.82. The van der Waals surface area contributed by atoms with Crippen LogP contribution in [-0.4, -0.2) is 10.3 Å². The molecule has 2 heteroatoms. The number of aliphatic imine (C=N–C) groups is 1. The molecule has 1 atom stereocenters. The first-order valence-corrected chi connectivity index (χ1v) is 8.39. The first-order valence-electron chi connectivity index (χ1n) is 8.39. The highest BCUT2D eigenvalue weighted by Crippen LogP contribution is 2.34. The van der Waals surface area contributed by atoms with Gasteiger partial charge in [-0.05, 0) is 30.9 Å². The van der Waals surface area contributed by atoms with Crippen LogP contribution in [0, 0.1) is 5.92 Å². The van der Waals surface area contributed by atoms with Gasteiger partial charge < -0.3 is 4.57 Å². The van der Waals surface area contributed by atoms with Gasteiger partial charge in [-0.2, -0.15) is 0 Å². The summed E-state index contributed by atoms with van der Waals surface area (Å²) in [6.07, 6.45) is 1.15. The maximum absolute atomic E-state index is 4.89. The average molecular weight is 302 g/mol. The van der Waals surface area contributed by atoms with E-state index in [0.717, 1.165) is 31.1 Å².